The van der Waals surface area contributed by atoms with E-state index in [-0.39, 0.29) is 6.04 Å². The largest absolute Gasteiger partial charge is 0.344 e. The highest BCUT2D eigenvalue weighted by Gasteiger charge is 2.22. The number of rotatable bonds is 2. The molecule has 134 valence electrons. The quantitative estimate of drug-likeness (QED) is 0.439. The van der Waals surface area contributed by atoms with Crippen LogP contribution < -0.4 is 5.43 Å². The average molecular weight is 394 g/mol. The molecule has 0 saturated heterocycles. The number of hydrogen-bond donors (Lipinski definition) is 1. The van der Waals surface area contributed by atoms with E-state index in [1.807, 2.05) is 18.2 Å². The molecule has 1 aliphatic rings. The van der Waals surface area contributed by atoms with Crippen molar-refractivity contribution in [1.82, 2.24) is 9.99 Å². The van der Waals surface area contributed by atoms with Crippen LogP contribution in [-0.2, 0) is 7.05 Å². The zero-order chi connectivity index (χ0) is 18.5. The maximum Gasteiger partial charge on any atom is 0.0746 e. The van der Waals surface area contributed by atoms with Gasteiger partial charge in [-0.05, 0) is 41.5 Å². The summed E-state index contributed by atoms with van der Waals surface area (Å²) in [4.78, 5) is 0. The summed E-state index contributed by atoms with van der Waals surface area (Å²) in [5.74, 6) is 0. The Labute approximate surface area is 167 Å². The first-order chi connectivity index (χ1) is 13.1. The molecular formula is C22H17Cl2N3. The van der Waals surface area contributed by atoms with Gasteiger partial charge in [-0.2, -0.15) is 5.10 Å². The Bertz CT molecular complexity index is 1220. The molecule has 1 unspecified atom stereocenters. The standard InChI is InChI=1S/C22H17Cl2N3/c1-27-21-5-3-2-4-15(21)16-10-13(7-9-22(16)27)19-12-20(26-25-19)14-6-8-17(23)18(24)11-14/h2-11,19,25H,12H2,1H3. The second-order valence-corrected chi connectivity index (χ2v) is 7.74. The van der Waals surface area contributed by atoms with Gasteiger partial charge < -0.3 is 9.99 Å². The summed E-state index contributed by atoms with van der Waals surface area (Å²) in [6.45, 7) is 0. The fourth-order valence-corrected chi connectivity index (χ4v) is 4.19. The van der Waals surface area contributed by atoms with Crippen LogP contribution in [0.3, 0.4) is 0 Å². The maximum absolute atomic E-state index is 6.16. The molecule has 1 atom stereocenters. The number of nitrogens with zero attached hydrogens (tertiary/aromatic N) is 2. The second-order valence-electron chi connectivity index (χ2n) is 6.93. The lowest BCUT2D eigenvalue weighted by Gasteiger charge is -2.11. The highest BCUT2D eigenvalue weighted by atomic mass is 35.5. The fourth-order valence-electron chi connectivity index (χ4n) is 3.89. The Morgan fingerprint density at radius 1 is 0.926 bits per heavy atom. The minimum Gasteiger partial charge on any atom is -0.344 e. The van der Waals surface area contributed by atoms with E-state index < -0.39 is 0 Å². The van der Waals surface area contributed by atoms with E-state index in [2.05, 4.69) is 64.6 Å². The first-order valence-corrected chi connectivity index (χ1v) is 9.62. The molecular weight excluding hydrogens is 377 g/mol. The number of fused-ring (bicyclic) bond motifs is 3. The molecule has 0 spiro atoms. The molecule has 27 heavy (non-hydrogen) atoms. The number of aryl methyl sites for hydroxylation is 1. The minimum absolute atomic E-state index is 0.151. The normalized spacial score (nSPS) is 16.7. The van der Waals surface area contributed by atoms with Crippen molar-refractivity contribution in [3.05, 3.63) is 81.8 Å². The van der Waals surface area contributed by atoms with Crippen molar-refractivity contribution >= 4 is 50.7 Å². The molecule has 5 rings (SSSR count). The number of aromatic nitrogens is 1. The van der Waals surface area contributed by atoms with Gasteiger partial charge in [-0.3, -0.25) is 0 Å². The second kappa shape index (κ2) is 6.29. The molecule has 0 fully saturated rings. The fraction of sp³-hybridized carbons (Fsp3) is 0.136. The van der Waals surface area contributed by atoms with Crippen molar-refractivity contribution < 1.29 is 0 Å². The summed E-state index contributed by atoms with van der Waals surface area (Å²) in [5.41, 5.74) is 9.00. The molecule has 0 aliphatic carbocycles. The zero-order valence-corrected chi connectivity index (χ0v) is 16.2. The van der Waals surface area contributed by atoms with Crippen molar-refractivity contribution in [2.75, 3.05) is 0 Å². The molecule has 0 saturated carbocycles. The van der Waals surface area contributed by atoms with Crippen molar-refractivity contribution in [3.63, 3.8) is 0 Å². The van der Waals surface area contributed by atoms with Crippen LogP contribution in [0.5, 0.6) is 0 Å². The molecule has 3 nitrogen and oxygen atoms in total. The van der Waals surface area contributed by atoms with Gasteiger partial charge in [0.2, 0.25) is 0 Å². The van der Waals surface area contributed by atoms with Gasteiger partial charge >= 0.3 is 0 Å². The molecule has 1 aliphatic heterocycles. The summed E-state index contributed by atoms with van der Waals surface area (Å²) in [7, 11) is 2.11. The lowest BCUT2D eigenvalue weighted by Crippen LogP contribution is -2.09. The minimum atomic E-state index is 0.151. The summed E-state index contributed by atoms with van der Waals surface area (Å²) >= 11 is 12.2. The van der Waals surface area contributed by atoms with Gasteiger partial charge in [-0.25, -0.2) is 0 Å². The SMILES string of the molecule is Cn1c2ccccc2c2cc(C3CC(c4ccc(Cl)c(Cl)c4)=NN3)ccc21. The van der Waals surface area contributed by atoms with Gasteiger partial charge in [0, 0.05) is 35.3 Å². The smallest absolute Gasteiger partial charge is 0.0746 e. The molecule has 2 heterocycles. The number of para-hydroxylation sites is 1. The Morgan fingerprint density at radius 2 is 1.74 bits per heavy atom. The molecule has 1 N–H and O–H groups in total. The third kappa shape index (κ3) is 2.70. The van der Waals surface area contributed by atoms with Crippen LogP contribution in [0.1, 0.15) is 23.6 Å². The molecule has 4 aromatic rings. The van der Waals surface area contributed by atoms with Crippen LogP contribution in [-0.4, -0.2) is 10.3 Å². The van der Waals surface area contributed by atoms with Crippen LogP contribution in [0.2, 0.25) is 10.0 Å². The summed E-state index contributed by atoms with van der Waals surface area (Å²) < 4.78 is 2.24. The lowest BCUT2D eigenvalue weighted by atomic mass is 9.98. The van der Waals surface area contributed by atoms with Crippen molar-refractivity contribution in [2.24, 2.45) is 12.1 Å². The van der Waals surface area contributed by atoms with E-state index in [0.717, 1.165) is 17.7 Å². The molecule has 0 amide bonds. The van der Waals surface area contributed by atoms with Crippen LogP contribution in [0, 0.1) is 0 Å². The number of halogens is 2. The monoisotopic (exact) mass is 393 g/mol. The molecule has 3 aromatic carbocycles. The van der Waals surface area contributed by atoms with Gasteiger partial charge in [-0.15, -0.1) is 0 Å². The third-order valence-electron chi connectivity index (χ3n) is 5.35. The topological polar surface area (TPSA) is 29.3 Å². The summed E-state index contributed by atoms with van der Waals surface area (Å²) in [5, 5.41) is 8.21. The van der Waals surface area contributed by atoms with Crippen molar-refractivity contribution in [2.45, 2.75) is 12.5 Å². The van der Waals surface area contributed by atoms with E-state index in [4.69, 9.17) is 23.2 Å². The van der Waals surface area contributed by atoms with Gasteiger partial charge in [0.1, 0.15) is 0 Å². The van der Waals surface area contributed by atoms with Gasteiger partial charge in [0.15, 0.2) is 0 Å². The van der Waals surface area contributed by atoms with Gasteiger partial charge in [-0.1, -0.05) is 53.5 Å². The van der Waals surface area contributed by atoms with Crippen LogP contribution in [0.25, 0.3) is 21.8 Å². The van der Waals surface area contributed by atoms with Gasteiger partial charge in [0.05, 0.1) is 21.8 Å². The van der Waals surface area contributed by atoms with E-state index in [1.54, 1.807) is 0 Å². The van der Waals surface area contributed by atoms with Crippen LogP contribution in [0.4, 0.5) is 0 Å². The Balaban J connectivity index is 1.50. The predicted octanol–water partition coefficient (Wildman–Crippen LogP) is 6.08. The zero-order valence-electron chi connectivity index (χ0n) is 14.7. The predicted molar refractivity (Wildman–Crippen MR) is 114 cm³/mol. The highest BCUT2D eigenvalue weighted by Crippen LogP contribution is 2.33. The molecule has 0 bridgehead atoms. The molecule has 0 radical (unpaired) electrons. The lowest BCUT2D eigenvalue weighted by molar-refractivity contribution is 0.621. The molecule has 5 heteroatoms. The maximum atomic E-state index is 6.16. The van der Waals surface area contributed by atoms with Crippen LogP contribution in [0.15, 0.2) is 65.8 Å². The Morgan fingerprint density at radius 3 is 2.59 bits per heavy atom. The van der Waals surface area contributed by atoms with E-state index in [9.17, 15) is 0 Å². The van der Waals surface area contributed by atoms with Crippen molar-refractivity contribution in [3.8, 4) is 0 Å². The average Bonchev–Trinajstić information content (AvgIpc) is 3.29. The number of hydrogen-bond acceptors (Lipinski definition) is 2. The summed E-state index contributed by atoms with van der Waals surface area (Å²) in [6, 6.07) is 21.0. The van der Waals surface area contributed by atoms with E-state index in [1.165, 1.54) is 27.4 Å². The third-order valence-corrected chi connectivity index (χ3v) is 6.08. The Hall–Kier alpha value is -2.49. The number of hydrazone groups is 1. The first kappa shape index (κ1) is 16.7. The number of nitrogens with one attached hydrogen (secondary N) is 1. The molecule has 1 aromatic heterocycles. The first-order valence-electron chi connectivity index (χ1n) is 8.86. The Kier molecular flexibility index (Phi) is 3.88. The number of benzene rings is 3. The van der Waals surface area contributed by atoms with E-state index in [0.29, 0.717) is 10.0 Å². The van der Waals surface area contributed by atoms with Crippen LogP contribution >= 0.6 is 23.2 Å². The van der Waals surface area contributed by atoms with Crippen molar-refractivity contribution in [1.29, 1.82) is 0 Å². The van der Waals surface area contributed by atoms with Gasteiger partial charge in [0.25, 0.3) is 0 Å². The highest BCUT2D eigenvalue weighted by molar-refractivity contribution is 6.42. The van der Waals surface area contributed by atoms with E-state index >= 15 is 0 Å². The summed E-state index contributed by atoms with van der Waals surface area (Å²) in [6.07, 6.45) is 0.814.